The van der Waals surface area contributed by atoms with Crippen LogP contribution < -0.4 is 0 Å². The Morgan fingerprint density at radius 3 is 1.32 bits per heavy atom. The summed E-state index contributed by atoms with van der Waals surface area (Å²) < 4.78 is 31.3. The Hall–Kier alpha value is -3.21. The maximum atomic E-state index is 12.7. The van der Waals surface area contributed by atoms with Crippen molar-refractivity contribution >= 4 is 10.1 Å². The van der Waals surface area contributed by atoms with Crippen LogP contribution in [0.15, 0.2) is 121 Å². The Balaban J connectivity index is 2.12. The molecule has 4 rings (SSSR count). The molecule has 2 unspecified atom stereocenters. The van der Waals surface area contributed by atoms with Crippen molar-refractivity contribution in [1.82, 2.24) is 0 Å². The molecule has 0 fully saturated rings. The van der Waals surface area contributed by atoms with Crippen molar-refractivity contribution in [2.24, 2.45) is 0 Å². The monoisotopic (exact) mass is 470 g/mol. The highest BCUT2D eigenvalue weighted by atomic mass is 32.2. The van der Waals surface area contributed by atoms with E-state index in [4.69, 9.17) is 4.18 Å². The average Bonchev–Trinajstić information content (AvgIpc) is 2.88. The Kier molecular flexibility index (Phi) is 6.74. The van der Waals surface area contributed by atoms with Gasteiger partial charge < -0.3 is 0 Å². The summed E-state index contributed by atoms with van der Waals surface area (Å²) in [7, 11) is -3.79. The zero-order chi connectivity index (χ0) is 24.2. The summed E-state index contributed by atoms with van der Waals surface area (Å²) >= 11 is 0. The van der Waals surface area contributed by atoms with Crippen molar-refractivity contribution in [3.8, 4) is 0 Å². The molecule has 174 valence electrons. The summed E-state index contributed by atoms with van der Waals surface area (Å²) in [6.45, 7) is 4.30. The van der Waals surface area contributed by atoms with Gasteiger partial charge in [0.1, 0.15) is 6.10 Å². The number of hydrogen-bond acceptors (Lipinski definition) is 3. The molecule has 0 aliphatic heterocycles. The first-order valence-electron chi connectivity index (χ1n) is 11.4. The van der Waals surface area contributed by atoms with Crippen molar-refractivity contribution in [1.29, 1.82) is 0 Å². The molecule has 4 heteroatoms. The molecule has 2 atom stereocenters. The molecular weight excluding hydrogens is 440 g/mol. The molecule has 0 amide bonds. The van der Waals surface area contributed by atoms with Crippen LogP contribution in [-0.2, 0) is 25.1 Å². The predicted octanol–water partition coefficient (Wildman–Crippen LogP) is 6.67. The Bertz CT molecular complexity index is 1270. The second-order valence-electron chi connectivity index (χ2n) is 9.02. The van der Waals surface area contributed by atoms with Crippen LogP contribution in [0.25, 0.3) is 0 Å². The van der Waals surface area contributed by atoms with E-state index in [2.05, 4.69) is 50.2 Å². The van der Waals surface area contributed by atoms with E-state index in [1.807, 2.05) is 84.9 Å². The summed E-state index contributed by atoms with van der Waals surface area (Å²) in [6.07, 6.45) is 0.341. The molecule has 0 aromatic heterocycles. The lowest BCUT2D eigenvalue weighted by Gasteiger charge is -2.51. The first kappa shape index (κ1) is 23.9. The molecule has 0 bridgehead atoms. The van der Waals surface area contributed by atoms with Crippen molar-refractivity contribution in [3.05, 3.63) is 144 Å². The van der Waals surface area contributed by atoms with E-state index in [0.717, 1.165) is 28.5 Å². The van der Waals surface area contributed by atoms with Crippen LogP contribution in [0.2, 0.25) is 0 Å². The summed E-state index contributed by atoms with van der Waals surface area (Å²) in [6, 6.07) is 40.2. The molecule has 4 aromatic carbocycles. The number of rotatable bonds is 8. The van der Waals surface area contributed by atoms with Gasteiger partial charge in [-0.1, -0.05) is 135 Å². The van der Waals surface area contributed by atoms with E-state index in [1.54, 1.807) is 0 Å². The largest absolute Gasteiger partial charge is 0.265 e. The molecule has 4 aromatic rings. The lowest BCUT2D eigenvalue weighted by Crippen LogP contribution is -2.51. The highest BCUT2D eigenvalue weighted by molar-refractivity contribution is 7.86. The van der Waals surface area contributed by atoms with Gasteiger partial charge in [0.15, 0.2) is 0 Å². The summed E-state index contributed by atoms with van der Waals surface area (Å²) in [5.74, 6) is 0. The smallest absolute Gasteiger partial charge is 0.261 e. The topological polar surface area (TPSA) is 43.4 Å². The molecule has 0 aliphatic carbocycles. The predicted molar refractivity (Wildman–Crippen MR) is 138 cm³/mol. The Morgan fingerprint density at radius 2 is 0.941 bits per heavy atom. The fourth-order valence-corrected chi connectivity index (χ4v) is 5.74. The van der Waals surface area contributed by atoms with Gasteiger partial charge in [-0.05, 0) is 22.3 Å². The van der Waals surface area contributed by atoms with E-state index in [9.17, 15) is 8.42 Å². The van der Waals surface area contributed by atoms with Gasteiger partial charge in [0.25, 0.3) is 10.1 Å². The minimum atomic E-state index is -3.79. The third-order valence-electron chi connectivity index (χ3n) is 7.01. The van der Waals surface area contributed by atoms with Crippen LogP contribution in [0.1, 0.15) is 42.2 Å². The average molecular weight is 471 g/mol. The van der Waals surface area contributed by atoms with Crippen LogP contribution in [-0.4, -0.2) is 14.7 Å². The van der Waals surface area contributed by atoms with Crippen LogP contribution >= 0.6 is 0 Å². The maximum absolute atomic E-state index is 12.7. The normalized spacial score (nSPS) is 14.8. The third kappa shape index (κ3) is 4.44. The third-order valence-corrected chi connectivity index (χ3v) is 7.55. The quantitative estimate of drug-likeness (QED) is 0.270. The second kappa shape index (κ2) is 9.57. The van der Waals surface area contributed by atoms with Crippen molar-refractivity contribution in [2.45, 2.75) is 30.8 Å². The number of hydrogen-bond donors (Lipinski definition) is 0. The Labute approximate surface area is 203 Å². The molecule has 0 N–H and O–H groups in total. The summed E-state index contributed by atoms with van der Waals surface area (Å²) in [4.78, 5) is 0. The van der Waals surface area contributed by atoms with Gasteiger partial charge in [-0.25, -0.2) is 0 Å². The van der Waals surface area contributed by atoms with Crippen LogP contribution in [0.4, 0.5) is 0 Å². The van der Waals surface area contributed by atoms with E-state index in [1.165, 1.54) is 0 Å². The zero-order valence-electron chi connectivity index (χ0n) is 19.8. The molecule has 0 saturated carbocycles. The van der Waals surface area contributed by atoms with Gasteiger partial charge in [-0.2, -0.15) is 8.42 Å². The van der Waals surface area contributed by atoms with E-state index in [-0.39, 0.29) is 0 Å². The van der Waals surface area contributed by atoms with Crippen molar-refractivity contribution in [2.75, 3.05) is 6.26 Å². The van der Waals surface area contributed by atoms with Crippen molar-refractivity contribution < 1.29 is 12.6 Å². The lowest BCUT2D eigenvalue weighted by atomic mass is 9.53. The molecule has 0 heterocycles. The first-order chi connectivity index (χ1) is 16.3. The van der Waals surface area contributed by atoms with Gasteiger partial charge in [0.2, 0.25) is 0 Å². The van der Waals surface area contributed by atoms with Gasteiger partial charge in [0.05, 0.1) is 6.26 Å². The zero-order valence-corrected chi connectivity index (χ0v) is 20.6. The Morgan fingerprint density at radius 1 is 0.588 bits per heavy atom. The SMILES string of the molecule is CC(c1ccccc1)(c1ccccc1)C(C)(c1ccccc1)C(OS(C)(=O)=O)c1ccccc1. The minimum absolute atomic E-state index is 0.651. The summed E-state index contributed by atoms with van der Waals surface area (Å²) in [5, 5.41) is 0. The highest BCUT2D eigenvalue weighted by Gasteiger charge is 2.54. The van der Waals surface area contributed by atoms with Crippen LogP contribution in [0.5, 0.6) is 0 Å². The molecule has 0 saturated heterocycles. The van der Waals surface area contributed by atoms with Crippen LogP contribution in [0, 0.1) is 0 Å². The number of benzene rings is 4. The summed E-state index contributed by atoms with van der Waals surface area (Å²) in [5.41, 5.74) is 2.47. The highest BCUT2D eigenvalue weighted by Crippen LogP contribution is 2.56. The van der Waals surface area contributed by atoms with Gasteiger partial charge in [-0.3, -0.25) is 4.18 Å². The van der Waals surface area contributed by atoms with Gasteiger partial charge in [-0.15, -0.1) is 0 Å². The van der Waals surface area contributed by atoms with Gasteiger partial charge >= 0.3 is 0 Å². The first-order valence-corrected chi connectivity index (χ1v) is 13.2. The molecule has 0 spiro atoms. The van der Waals surface area contributed by atoms with E-state index in [0.29, 0.717) is 0 Å². The molecular formula is C30H30O3S. The fourth-order valence-electron chi connectivity index (χ4n) is 5.08. The lowest BCUT2D eigenvalue weighted by molar-refractivity contribution is 0.0795. The minimum Gasteiger partial charge on any atom is -0.261 e. The second-order valence-corrected chi connectivity index (χ2v) is 10.6. The van der Waals surface area contributed by atoms with E-state index < -0.39 is 27.1 Å². The van der Waals surface area contributed by atoms with E-state index >= 15 is 0 Å². The molecule has 34 heavy (non-hydrogen) atoms. The van der Waals surface area contributed by atoms with Gasteiger partial charge in [0, 0.05) is 10.8 Å². The molecule has 3 nitrogen and oxygen atoms in total. The molecule has 0 aliphatic rings. The maximum Gasteiger partial charge on any atom is 0.265 e. The van der Waals surface area contributed by atoms with Crippen molar-refractivity contribution in [3.63, 3.8) is 0 Å². The van der Waals surface area contributed by atoms with Crippen LogP contribution in [0.3, 0.4) is 0 Å². The fraction of sp³-hybridized carbons (Fsp3) is 0.200. The molecule has 0 radical (unpaired) electrons. The standard InChI is InChI=1S/C30H30O3S/c1-29(25-18-10-5-11-19-25,26-20-12-6-13-21-26)30(2,27-22-14-7-15-23-27)28(33-34(3,31)32)24-16-8-4-9-17-24/h4-23,28H,1-3H3.